The van der Waals surface area contributed by atoms with Gasteiger partial charge in [-0.2, -0.15) is 0 Å². The predicted molar refractivity (Wildman–Crippen MR) is 146 cm³/mol. The molecule has 0 saturated heterocycles. The fourth-order valence-corrected chi connectivity index (χ4v) is 9.14. The maximum atomic E-state index is 12.4. The zero-order valence-corrected chi connectivity index (χ0v) is 24.3. The van der Waals surface area contributed by atoms with Crippen molar-refractivity contribution >= 4 is 5.78 Å². The van der Waals surface area contributed by atoms with Gasteiger partial charge in [-0.1, -0.05) is 13.8 Å². The Bertz CT molecular complexity index is 731. The van der Waals surface area contributed by atoms with Crippen molar-refractivity contribution in [2.45, 2.75) is 84.7 Å². The number of carbonyl (C=O) groups excluding carboxylic acids is 1. The molecule has 0 aromatic carbocycles. The molecule has 4 saturated carbocycles. The van der Waals surface area contributed by atoms with Crippen molar-refractivity contribution in [3.05, 3.63) is 0 Å². The van der Waals surface area contributed by atoms with E-state index < -0.39 is 0 Å². The molecule has 0 radical (unpaired) electrons. The third-order valence-electron chi connectivity index (χ3n) is 11.0. The number of fused-ring (bicyclic) bond motifs is 5. The van der Waals surface area contributed by atoms with Crippen molar-refractivity contribution in [2.24, 2.45) is 40.4 Å². The van der Waals surface area contributed by atoms with Crippen LogP contribution in [0.15, 0.2) is 0 Å². The molecule has 4 aliphatic carbocycles. The number of rotatable bonds is 16. The largest absolute Gasteiger partial charge is 0.394 e. The normalized spacial score (nSPS) is 38.4. The van der Waals surface area contributed by atoms with Crippen LogP contribution in [0.2, 0.25) is 0 Å². The number of ketones is 1. The van der Waals surface area contributed by atoms with E-state index in [1.165, 1.54) is 51.4 Å². The molecule has 0 spiro atoms. The molecule has 4 aliphatic rings. The first-order chi connectivity index (χ1) is 18.4. The van der Waals surface area contributed by atoms with Crippen LogP contribution in [0.4, 0.5) is 0 Å². The minimum Gasteiger partial charge on any atom is -0.394 e. The lowest BCUT2D eigenvalue weighted by molar-refractivity contribution is -0.143. The quantitative estimate of drug-likeness (QED) is 0.286. The highest BCUT2D eigenvalue weighted by Gasteiger charge is 2.60. The summed E-state index contributed by atoms with van der Waals surface area (Å²) in [5, 5.41) is 8.63. The Morgan fingerprint density at radius 3 is 1.92 bits per heavy atom. The van der Waals surface area contributed by atoms with Gasteiger partial charge in [-0.25, -0.2) is 0 Å². The number of aliphatic hydroxyl groups excluding tert-OH is 1. The molecule has 220 valence electrons. The first kappa shape index (κ1) is 30.4. The topological polar surface area (TPSA) is 83.5 Å². The molecule has 1 N–H and O–H groups in total. The minimum atomic E-state index is 0.0423. The van der Waals surface area contributed by atoms with Crippen LogP contribution in [0.5, 0.6) is 0 Å². The highest BCUT2D eigenvalue weighted by molar-refractivity contribution is 5.79. The molecule has 0 aromatic heterocycles. The van der Waals surface area contributed by atoms with Crippen LogP contribution >= 0.6 is 0 Å². The predicted octanol–water partition coefficient (Wildman–Crippen LogP) is 4.68. The molecular weight excluding hydrogens is 484 g/mol. The number of hydrogen-bond donors (Lipinski definition) is 1. The minimum absolute atomic E-state index is 0.0423. The van der Waals surface area contributed by atoms with Crippen LogP contribution in [0.25, 0.3) is 0 Å². The Labute approximate surface area is 230 Å². The Kier molecular flexibility index (Phi) is 11.5. The van der Waals surface area contributed by atoms with Gasteiger partial charge in [0.15, 0.2) is 0 Å². The van der Waals surface area contributed by atoms with Crippen LogP contribution in [-0.4, -0.2) is 83.1 Å². The number of carbonyl (C=O) groups is 1. The summed E-state index contributed by atoms with van der Waals surface area (Å²) in [6.45, 7) is 11.8. The molecule has 0 bridgehead atoms. The standard InChI is InChI=1S/C31H54O7/c1-23(33)27-6-7-28-26-5-4-24-22-25(8-10-30(24,2)29(26)9-11-31(27,28)3)38-21-20-37-19-18-36-17-16-35-15-14-34-13-12-32/h24-29,32H,4-22H2,1-3H3/t24-,25-,26-,27+,28-,29-,30-,31+/m0/s1. The van der Waals surface area contributed by atoms with Gasteiger partial charge < -0.3 is 28.8 Å². The number of hydrogen-bond acceptors (Lipinski definition) is 7. The van der Waals surface area contributed by atoms with E-state index in [9.17, 15) is 4.79 Å². The number of Topliss-reactive ketones (excluding diaryl/α,β-unsaturated/α-hetero) is 1. The van der Waals surface area contributed by atoms with Gasteiger partial charge in [-0.15, -0.1) is 0 Å². The maximum Gasteiger partial charge on any atom is 0.133 e. The number of aliphatic hydroxyl groups is 1. The monoisotopic (exact) mass is 538 g/mol. The van der Waals surface area contributed by atoms with Crippen LogP contribution < -0.4 is 0 Å². The zero-order valence-electron chi connectivity index (χ0n) is 24.3. The molecule has 38 heavy (non-hydrogen) atoms. The molecule has 0 aromatic rings. The van der Waals surface area contributed by atoms with Gasteiger partial charge in [0.05, 0.1) is 72.2 Å². The van der Waals surface area contributed by atoms with Crippen molar-refractivity contribution in [2.75, 3.05) is 66.1 Å². The van der Waals surface area contributed by atoms with Crippen molar-refractivity contribution in [3.8, 4) is 0 Å². The van der Waals surface area contributed by atoms with E-state index >= 15 is 0 Å². The fourth-order valence-electron chi connectivity index (χ4n) is 9.14. The van der Waals surface area contributed by atoms with E-state index in [2.05, 4.69) is 13.8 Å². The smallest absolute Gasteiger partial charge is 0.133 e. The molecule has 7 nitrogen and oxygen atoms in total. The Morgan fingerprint density at radius 2 is 1.29 bits per heavy atom. The highest BCUT2D eigenvalue weighted by atomic mass is 16.6. The molecule has 4 rings (SSSR count). The van der Waals surface area contributed by atoms with E-state index in [0.717, 1.165) is 30.1 Å². The van der Waals surface area contributed by atoms with Crippen LogP contribution in [0, 0.1) is 40.4 Å². The van der Waals surface area contributed by atoms with Gasteiger partial charge in [-0.05, 0) is 99.2 Å². The Balaban J connectivity index is 1.09. The first-order valence-electron chi connectivity index (χ1n) is 15.4. The Morgan fingerprint density at radius 1 is 0.711 bits per heavy atom. The first-order valence-corrected chi connectivity index (χ1v) is 15.4. The molecule has 7 heteroatoms. The third-order valence-corrected chi connectivity index (χ3v) is 11.0. The second-order valence-electron chi connectivity index (χ2n) is 12.9. The SMILES string of the molecule is CC(=O)[C@H]1CC[C@H]2[C@@H]3CC[C@H]4C[C@@H](OCCOCCOCCOCCOCCO)CC[C@]4(C)[C@H]3CC[C@]12C. The van der Waals surface area contributed by atoms with Gasteiger partial charge in [-0.3, -0.25) is 4.79 Å². The summed E-state index contributed by atoms with van der Waals surface area (Å²) in [5.74, 6) is 3.93. The summed E-state index contributed by atoms with van der Waals surface area (Å²) in [5.41, 5.74) is 0.702. The van der Waals surface area contributed by atoms with Crippen molar-refractivity contribution < 1.29 is 33.6 Å². The Hall–Kier alpha value is -0.570. The molecule has 0 heterocycles. The lowest BCUT2D eigenvalue weighted by atomic mass is 9.44. The summed E-state index contributed by atoms with van der Waals surface area (Å²) in [4.78, 5) is 12.4. The molecular formula is C31H54O7. The maximum absolute atomic E-state index is 12.4. The summed E-state index contributed by atoms with van der Waals surface area (Å²) < 4.78 is 28.1. The number of ether oxygens (including phenoxy) is 5. The van der Waals surface area contributed by atoms with Crippen LogP contribution in [-0.2, 0) is 28.5 Å². The zero-order chi connectivity index (χ0) is 27.0. The van der Waals surface area contributed by atoms with Gasteiger partial charge in [0.25, 0.3) is 0 Å². The second kappa shape index (κ2) is 14.4. The summed E-state index contributed by atoms with van der Waals surface area (Å²) in [6, 6.07) is 0. The molecule has 4 fully saturated rings. The van der Waals surface area contributed by atoms with Gasteiger partial charge in [0, 0.05) is 5.92 Å². The van der Waals surface area contributed by atoms with Gasteiger partial charge in [0.2, 0.25) is 0 Å². The average molecular weight is 539 g/mol. The molecule has 8 atom stereocenters. The second-order valence-corrected chi connectivity index (χ2v) is 12.9. The third kappa shape index (κ3) is 7.01. The van der Waals surface area contributed by atoms with Crippen LogP contribution in [0.1, 0.15) is 78.6 Å². The highest BCUT2D eigenvalue weighted by Crippen LogP contribution is 2.67. The fraction of sp³-hybridized carbons (Fsp3) is 0.968. The van der Waals surface area contributed by atoms with Gasteiger partial charge in [0.1, 0.15) is 5.78 Å². The molecule has 0 unspecified atom stereocenters. The van der Waals surface area contributed by atoms with Gasteiger partial charge >= 0.3 is 0 Å². The van der Waals surface area contributed by atoms with E-state index in [-0.39, 0.29) is 12.0 Å². The van der Waals surface area contributed by atoms with E-state index in [1.54, 1.807) is 0 Å². The lowest BCUT2D eigenvalue weighted by Crippen LogP contribution is -2.54. The van der Waals surface area contributed by atoms with E-state index in [4.69, 9.17) is 28.8 Å². The van der Waals surface area contributed by atoms with E-state index in [1.807, 2.05) is 6.92 Å². The molecule has 0 amide bonds. The van der Waals surface area contributed by atoms with Crippen molar-refractivity contribution in [3.63, 3.8) is 0 Å². The lowest BCUT2D eigenvalue weighted by Gasteiger charge is -2.61. The van der Waals surface area contributed by atoms with E-state index in [0.29, 0.717) is 82.7 Å². The van der Waals surface area contributed by atoms with Crippen molar-refractivity contribution in [1.29, 1.82) is 0 Å². The summed E-state index contributed by atoms with van der Waals surface area (Å²) in [7, 11) is 0. The van der Waals surface area contributed by atoms with Crippen LogP contribution in [0.3, 0.4) is 0 Å². The summed E-state index contributed by atoms with van der Waals surface area (Å²) >= 11 is 0. The van der Waals surface area contributed by atoms with Crippen molar-refractivity contribution in [1.82, 2.24) is 0 Å². The summed E-state index contributed by atoms with van der Waals surface area (Å²) in [6.07, 6.45) is 11.7. The molecule has 0 aliphatic heterocycles. The average Bonchev–Trinajstić information content (AvgIpc) is 3.26.